The molecule has 0 saturated heterocycles. The number of aryl methyl sites for hydroxylation is 2. The predicted molar refractivity (Wildman–Crippen MR) is 75.1 cm³/mol. The smallest absolute Gasteiger partial charge is 0.333 e. The van der Waals surface area contributed by atoms with Crippen LogP contribution in [0, 0.1) is 29.4 Å². The van der Waals surface area contributed by atoms with Gasteiger partial charge in [-0.2, -0.15) is 5.10 Å². The molecule has 104 valence electrons. The van der Waals surface area contributed by atoms with E-state index in [1.165, 1.54) is 0 Å². The molecule has 6 heteroatoms. The number of aromatic nitrogens is 2. The second kappa shape index (κ2) is 6.78. The Morgan fingerprint density at radius 2 is 2.21 bits per heavy atom. The normalized spacial score (nSPS) is 11.9. The summed E-state index contributed by atoms with van der Waals surface area (Å²) in [5.41, 5.74) is 0.429. The molecule has 0 aromatic carbocycles. The van der Waals surface area contributed by atoms with Gasteiger partial charge in [0.2, 0.25) is 5.82 Å². The number of anilines is 1. The van der Waals surface area contributed by atoms with Gasteiger partial charge in [-0.1, -0.05) is 26.2 Å². The maximum absolute atomic E-state index is 11.1. The van der Waals surface area contributed by atoms with Crippen LogP contribution in [0.3, 0.4) is 0 Å². The first-order valence-corrected chi connectivity index (χ1v) is 6.49. The fourth-order valence-electron chi connectivity index (χ4n) is 1.96. The molecule has 1 aromatic rings. The highest BCUT2D eigenvalue weighted by molar-refractivity contribution is 5.60. The summed E-state index contributed by atoms with van der Waals surface area (Å²) in [6.07, 6.45) is 7.98. The van der Waals surface area contributed by atoms with E-state index in [-0.39, 0.29) is 11.7 Å². The van der Waals surface area contributed by atoms with Crippen molar-refractivity contribution in [1.82, 2.24) is 9.78 Å². The van der Waals surface area contributed by atoms with Crippen molar-refractivity contribution in [2.45, 2.75) is 52.6 Å². The van der Waals surface area contributed by atoms with Crippen molar-refractivity contribution in [2.75, 3.05) is 5.32 Å². The summed E-state index contributed by atoms with van der Waals surface area (Å²) in [6.45, 7) is 6.28. The van der Waals surface area contributed by atoms with Crippen molar-refractivity contribution < 1.29 is 4.92 Å². The lowest BCUT2D eigenvalue weighted by molar-refractivity contribution is -0.384. The minimum Gasteiger partial charge on any atom is -0.351 e. The molecule has 0 spiro atoms. The summed E-state index contributed by atoms with van der Waals surface area (Å²) in [6, 6.07) is -0.213. The number of terminal acetylenes is 1. The van der Waals surface area contributed by atoms with E-state index < -0.39 is 4.92 Å². The highest BCUT2D eigenvalue weighted by Crippen LogP contribution is 2.29. The van der Waals surface area contributed by atoms with Gasteiger partial charge in [-0.05, 0) is 19.8 Å². The molecule has 0 fully saturated rings. The van der Waals surface area contributed by atoms with Gasteiger partial charge >= 0.3 is 5.69 Å². The summed E-state index contributed by atoms with van der Waals surface area (Å²) in [5, 5.41) is 18.4. The van der Waals surface area contributed by atoms with Crippen LogP contribution >= 0.6 is 0 Å². The van der Waals surface area contributed by atoms with Crippen molar-refractivity contribution >= 4 is 11.5 Å². The standard InChI is InChI=1S/C13H20N4O2/c1-5-8-11(7-3)14-13-12(17(18)19)10(4)15-16(13)9-6-2/h3,11,14H,5-6,8-9H2,1-2,4H3. The van der Waals surface area contributed by atoms with Crippen LogP contribution in [0.1, 0.15) is 38.8 Å². The van der Waals surface area contributed by atoms with E-state index in [0.29, 0.717) is 18.1 Å². The second-order valence-corrected chi connectivity index (χ2v) is 4.42. The Bertz CT molecular complexity index is 488. The number of rotatable bonds is 7. The Morgan fingerprint density at radius 3 is 2.68 bits per heavy atom. The Kier molecular flexibility index (Phi) is 5.37. The summed E-state index contributed by atoms with van der Waals surface area (Å²) in [4.78, 5) is 10.7. The molecule has 1 heterocycles. The zero-order valence-electron chi connectivity index (χ0n) is 11.6. The van der Waals surface area contributed by atoms with Gasteiger partial charge in [0, 0.05) is 6.54 Å². The quantitative estimate of drug-likeness (QED) is 0.467. The molecule has 6 nitrogen and oxygen atoms in total. The third-order valence-corrected chi connectivity index (χ3v) is 2.80. The first-order chi connectivity index (χ1) is 9.04. The zero-order chi connectivity index (χ0) is 14.4. The summed E-state index contributed by atoms with van der Waals surface area (Å²) < 4.78 is 1.63. The van der Waals surface area contributed by atoms with Crippen LogP contribution in [0.4, 0.5) is 11.5 Å². The minimum absolute atomic E-state index is 0.0183. The van der Waals surface area contributed by atoms with Gasteiger partial charge in [0.15, 0.2) is 0 Å². The highest BCUT2D eigenvalue weighted by Gasteiger charge is 2.26. The monoisotopic (exact) mass is 264 g/mol. The molecule has 1 aromatic heterocycles. The summed E-state index contributed by atoms with van der Waals surface area (Å²) in [5.74, 6) is 3.04. The third-order valence-electron chi connectivity index (χ3n) is 2.80. The van der Waals surface area contributed by atoms with E-state index in [9.17, 15) is 10.1 Å². The molecule has 1 rings (SSSR count). The first kappa shape index (κ1) is 15.0. The van der Waals surface area contributed by atoms with Gasteiger partial charge in [0.25, 0.3) is 0 Å². The highest BCUT2D eigenvalue weighted by atomic mass is 16.6. The van der Waals surface area contributed by atoms with Crippen molar-refractivity contribution in [3.05, 3.63) is 15.8 Å². The van der Waals surface area contributed by atoms with Crippen molar-refractivity contribution in [3.8, 4) is 12.3 Å². The van der Waals surface area contributed by atoms with Crippen LogP contribution in [0.15, 0.2) is 0 Å². The molecule has 0 aliphatic rings. The van der Waals surface area contributed by atoms with Gasteiger partial charge in [-0.25, -0.2) is 4.68 Å². The maximum atomic E-state index is 11.1. The van der Waals surface area contributed by atoms with Gasteiger partial charge in [-0.3, -0.25) is 10.1 Å². The SMILES string of the molecule is C#CC(CCC)Nc1c([N+](=O)[O-])c(C)nn1CCC. The molecule has 1 atom stereocenters. The molecule has 1 N–H and O–H groups in total. The third kappa shape index (κ3) is 3.47. The largest absolute Gasteiger partial charge is 0.351 e. The van der Waals surface area contributed by atoms with E-state index in [1.54, 1.807) is 11.6 Å². The lowest BCUT2D eigenvalue weighted by atomic mass is 10.2. The number of nitro groups is 1. The van der Waals surface area contributed by atoms with Crippen molar-refractivity contribution in [2.24, 2.45) is 0 Å². The molecular formula is C13H20N4O2. The molecule has 0 radical (unpaired) electrons. The average Bonchev–Trinajstić information content (AvgIpc) is 2.65. The van der Waals surface area contributed by atoms with Crippen LogP contribution in [0.5, 0.6) is 0 Å². The van der Waals surface area contributed by atoms with E-state index >= 15 is 0 Å². The van der Waals surface area contributed by atoms with Crippen molar-refractivity contribution in [1.29, 1.82) is 0 Å². The maximum Gasteiger partial charge on any atom is 0.333 e. The Hall–Kier alpha value is -2.03. The Balaban J connectivity index is 3.14. The number of nitrogens with zero attached hydrogens (tertiary/aromatic N) is 3. The summed E-state index contributed by atoms with van der Waals surface area (Å²) >= 11 is 0. The fraction of sp³-hybridized carbons (Fsp3) is 0.615. The number of hydrogen-bond acceptors (Lipinski definition) is 4. The lowest BCUT2D eigenvalue weighted by Crippen LogP contribution is -2.20. The molecule has 0 aliphatic heterocycles. The molecule has 19 heavy (non-hydrogen) atoms. The van der Waals surface area contributed by atoms with Crippen LogP contribution < -0.4 is 5.32 Å². The molecule has 1 unspecified atom stereocenters. The van der Waals surface area contributed by atoms with Gasteiger partial charge in [0.05, 0.1) is 11.0 Å². The van der Waals surface area contributed by atoms with Gasteiger partial charge in [-0.15, -0.1) is 6.42 Å². The summed E-state index contributed by atoms with van der Waals surface area (Å²) in [7, 11) is 0. The molecule has 0 amide bonds. The van der Waals surface area contributed by atoms with Crippen molar-refractivity contribution in [3.63, 3.8) is 0 Å². The molecule has 0 bridgehead atoms. The topological polar surface area (TPSA) is 73.0 Å². The molecule has 0 aliphatic carbocycles. The van der Waals surface area contributed by atoms with E-state index in [4.69, 9.17) is 6.42 Å². The fourth-order valence-corrected chi connectivity index (χ4v) is 1.96. The molecular weight excluding hydrogens is 244 g/mol. The van der Waals surface area contributed by atoms with Crippen LogP contribution in [0.2, 0.25) is 0 Å². The number of nitrogens with one attached hydrogen (secondary N) is 1. The lowest BCUT2D eigenvalue weighted by Gasteiger charge is -2.14. The average molecular weight is 264 g/mol. The molecule has 0 saturated carbocycles. The van der Waals surface area contributed by atoms with E-state index in [1.807, 2.05) is 13.8 Å². The van der Waals surface area contributed by atoms with Gasteiger partial charge < -0.3 is 5.32 Å². The Morgan fingerprint density at radius 1 is 1.53 bits per heavy atom. The van der Waals surface area contributed by atoms with Gasteiger partial charge in [0.1, 0.15) is 5.69 Å². The van der Waals surface area contributed by atoms with Crippen LogP contribution in [0.25, 0.3) is 0 Å². The Labute approximate surface area is 113 Å². The van der Waals surface area contributed by atoms with Crippen LogP contribution in [-0.2, 0) is 6.54 Å². The van der Waals surface area contributed by atoms with E-state index in [0.717, 1.165) is 19.3 Å². The van der Waals surface area contributed by atoms with E-state index in [2.05, 4.69) is 16.3 Å². The first-order valence-electron chi connectivity index (χ1n) is 6.49. The predicted octanol–water partition coefficient (Wildman–Crippen LogP) is 2.72. The minimum atomic E-state index is -0.406. The van der Waals surface area contributed by atoms with Crippen LogP contribution in [-0.4, -0.2) is 20.7 Å². The second-order valence-electron chi connectivity index (χ2n) is 4.42. The number of hydrogen-bond donors (Lipinski definition) is 1. The zero-order valence-corrected chi connectivity index (χ0v) is 11.6.